The topological polar surface area (TPSA) is 129 Å². The fraction of sp³-hybridized carbons (Fsp3) is 0.583. The number of nitrogens with one attached hydrogen (secondary N) is 1. The predicted molar refractivity (Wildman–Crippen MR) is 134 cm³/mol. The van der Waals surface area contributed by atoms with Crippen LogP contribution in [0, 0.1) is 9.49 Å². The number of rotatable bonds is 10. The quantitative estimate of drug-likeness (QED) is 0.287. The van der Waals surface area contributed by atoms with Crippen LogP contribution in [0.25, 0.3) is 0 Å². The lowest BCUT2D eigenvalue weighted by Gasteiger charge is -2.43. The standard InChI is InChI=1S/C24H30F3IN2O7/c1-36-19-8-13(11-32)7-16(28)21(19)37-18-10-15(22(34)29-5-6-31)9-17(20(18)33)30(12-24(25,26)27)23(35)14-3-2-4-14/h7-8,10,14,17-18,20,31-33H,2-6,9,11-12H2,1H3,(H,29,34)/t17-,18+,20+/m1/s1. The number of amides is 2. The van der Waals surface area contributed by atoms with Crippen LogP contribution in [0.3, 0.4) is 0 Å². The lowest BCUT2D eigenvalue weighted by Crippen LogP contribution is -2.58. The van der Waals surface area contributed by atoms with Crippen molar-refractivity contribution in [3.05, 3.63) is 32.9 Å². The van der Waals surface area contributed by atoms with Gasteiger partial charge in [-0.2, -0.15) is 13.2 Å². The van der Waals surface area contributed by atoms with Gasteiger partial charge in [0.05, 0.1) is 29.9 Å². The predicted octanol–water partition coefficient (Wildman–Crippen LogP) is 1.90. The molecular formula is C24H30F3IN2O7. The molecule has 0 bridgehead atoms. The Morgan fingerprint density at radius 1 is 1.24 bits per heavy atom. The molecule has 0 radical (unpaired) electrons. The number of aliphatic hydroxyl groups excluding tert-OH is 3. The molecule has 4 N–H and O–H groups in total. The Labute approximate surface area is 225 Å². The molecule has 1 aromatic rings. The number of hydrogen-bond donors (Lipinski definition) is 4. The number of aliphatic hydroxyl groups is 3. The Balaban J connectivity index is 2.01. The summed E-state index contributed by atoms with van der Waals surface area (Å²) in [4.78, 5) is 26.4. The highest BCUT2D eigenvalue weighted by molar-refractivity contribution is 14.1. The van der Waals surface area contributed by atoms with E-state index in [1.54, 1.807) is 6.07 Å². The van der Waals surface area contributed by atoms with Crippen molar-refractivity contribution in [2.75, 3.05) is 26.8 Å². The molecule has 0 saturated heterocycles. The third-order valence-electron chi connectivity index (χ3n) is 6.43. The van der Waals surface area contributed by atoms with E-state index in [4.69, 9.17) is 14.6 Å². The number of methoxy groups -OCH3 is 1. The summed E-state index contributed by atoms with van der Waals surface area (Å²) >= 11 is 1.93. The minimum atomic E-state index is -4.73. The van der Waals surface area contributed by atoms with E-state index in [9.17, 15) is 33.0 Å². The Kier molecular flexibility index (Phi) is 10.1. The SMILES string of the molecule is COc1cc(CO)cc(I)c1O[C@H]1C=C(C(=O)NCCO)C[C@@H](N(CC(F)(F)F)C(=O)C2CCC2)[C@@H]1O. The molecule has 2 amide bonds. The van der Waals surface area contributed by atoms with Crippen molar-refractivity contribution in [2.45, 2.75) is 56.7 Å². The summed E-state index contributed by atoms with van der Waals surface area (Å²) < 4.78 is 52.5. The molecule has 0 spiro atoms. The van der Waals surface area contributed by atoms with Crippen LogP contribution in [-0.4, -0.2) is 83.3 Å². The average Bonchev–Trinajstić information content (AvgIpc) is 2.81. The van der Waals surface area contributed by atoms with Gasteiger partial charge in [0.1, 0.15) is 18.8 Å². The monoisotopic (exact) mass is 642 g/mol. The maximum absolute atomic E-state index is 13.6. The van der Waals surface area contributed by atoms with Crippen molar-refractivity contribution in [1.82, 2.24) is 10.2 Å². The van der Waals surface area contributed by atoms with Crippen molar-refractivity contribution >= 4 is 34.4 Å². The first-order valence-corrected chi connectivity index (χ1v) is 12.9. The molecule has 3 rings (SSSR count). The van der Waals surface area contributed by atoms with E-state index >= 15 is 0 Å². The van der Waals surface area contributed by atoms with Crippen LogP contribution < -0.4 is 14.8 Å². The number of carbonyl (C=O) groups is 2. The van der Waals surface area contributed by atoms with Gasteiger partial charge in [0.2, 0.25) is 11.8 Å². The summed E-state index contributed by atoms with van der Waals surface area (Å²) in [5.41, 5.74) is 0.543. The second kappa shape index (κ2) is 12.6. The molecule has 37 heavy (non-hydrogen) atoms. The largest absolute Gasteiger partial charge is 0.493 e. The van der Waals surface area contributed by atoms with Gasteiger partial charge in [-0.25, -0.2) is 0 Å². The fourth-order valence-corrected chi connectivity index (χ4v) is 5.13. The average molecular weight is 642 g/mol. The number of carbonyl (C=O) groups excluding carboxylic acids is 2. The maximum Gasteiger partial charge on any atom is 0.406 e. The van der Waals surface area contributed by atoms with Gasteiger partial charge in [-0.3, -0.25) is 9.59 Å². The van der Waals surface area contributed by atoms with Crippen LogP contribution in [0.5, 0.6) is 11.5 Å². The smallest absolute Gasteiger partial charge is 0.406 e. The molecule has 9 nitrogen and oxygen atoms in total. The lowest BCUT2D eigenvalue weighted by molar-refractivity contribution is -0.176. The number of nitrogens with zero attached hydrogens (tertiary/aromatic N) is 1. The third kappa shape index (κ3) is 7.27. The van der Waals surface area contributed by atoms with Gasteiger partial charge in [-0.05, 0) is 59.2 Å². The zero-order valence-electron chi connectivity index (χ0n) is 20.1. The molecule has 1 fully saturated rings. The van der Waals surface area contributed by atoms with Crippen LogP contribution in [0.4, 0.5) is 13.2 Å². The minimum absolute atomic E-state index is 0.0169. The van der Waals surface area contributed by atoms with Crippen LogP contribution >= 0.6 is 22.6 Å². The first-order valence-electron chi connectivity index (χ1n) is 11.8. The van der Waals surface area contributed by atoms with Gasteiger partial charge in [0.25, 0.3) is 0 Å². The Hall–Kier alpha value is -2.10. The van der Waals surface area contributed by atoms with E-state index < -0.39 is 48.7 Å². The first-order chi connectivity index (χ1) is 17.5. The first kappa shape index (κ1) is 29.5. The highest BCUT2D eigenvalue weighted by Crippen LogP contribution is 2.38. The number of ether oxygens (including phenoxy) is 2. The summed E-state index contributed by atoms with van der Waals surface area (Å²) in [6.45, 7) is -2.28. The van der Waals surface area contributed by atoms with Gasteiger partial charge in [0, 0.05) is 24.5 Å². The van der Waals surface area contributed by atoms with Crippen molar-refractivity contribution in [2.24, 2.45) is 5.92 Å². The highest BCUT2D eigenvalue weighted by atomic mass is 127. The number of halogens is 4. The van der Waals surface area contributed by atoms with Crippen molar-refractivity contribution < 1.29 is 47.6 Å². The van der Waals surface area contributed by atoms with E-state index in [-0.39, 0.29) is 43.3 Å². The zero-order valence-corrected chi connectivity index (χ0v) is 22.3. The van der Waals surface area contributed by atoms with E-state index in [1.165, 1.54) is 19.3 Å². The molecule has 206 valence electrons. The summed E-state index contributed by atoms with van der Waals surface area (Å²) in [5.74, 6) is -1.58. The summed E-state index contributed by atoms with van der Waals surface area (Å²) in [6, 6.07) is 1.73. The van der Waals surface area contributed by atoms with Gasteiger partial charge >= 0.3 is 6.18 Å². The van der Waals surface area contributed by atoms with Crippen LogP contribution in [0.2, 0.25) is 0 Å². The molecule has 0 aromatic heterocycles. The zero-order chi connectivity index (χ0) is 27.3. The van der Waals surface area contributed by atoms with Gasteiger partial charge < -0.3 is 35.0 Å². The van der Waals surface area contributed by atoms with E-state index in [0.717, 1.165) is 6.42 Å². The van der Waals surface area contributed by atoms with Crippen molar-refractivity contribution in [3.8, 4) is 11.5 Å². The molecule has 2 aliphatic rings. The molecule has 1 aromatic carbocycles. The molecule has 0 unspecified atom stereocenters. The number of alkyl halides is 3. The molecule has 0 aliphatic heterocycles. The van der Waals surface area contributed by atoms with Gasteiger partial charge in [-0.1, -0.05) is 6.42 Å². The Morgan fingerprint density at radius 2 is 1.95 bits per heavy atom. The third-order valence-corrected chi connectivity index (χ3v) is 7.23. The second-order valence-electron chi connectivity index (χ2n) is 8.99. The molecule has 13 heteroatoms. The highest BCUT2D eigenvalue weighted by Gasteiger charge is 2.46. The molecule has 2 aliphatic carbocycles. The fourth-order valence-electron chi connectivity index (χ4n) is 4.34. The van der Waals surface area contributed by atoms with E-state index in [0.29, 0.717) is 26.9 Å². The second-order valence-corrected chi connectivity index (χ2v) is 10.2. The molecule has 1 saturated carbocycles. The lowest BCUT2D eigenvalue weighted by atomic mass is 9.82. The van der Waals surface area contributed by atoms with E-state index in [1.807, 2.05) is 22.6 Å². The summed E-state index contributed by atoms with van der Waals surface area (Å²) in [6.07, 6.45) is -5.00. The van der Waals surface area contributed by atoms with Crippen LogP contribution in [-0.2, 0) is 16.2 Å². The van der Waals surface area contributed by atoms with Crippen LogP contribution in [0.15, 0.2) is 23.8 Å². The Morgan fingerprint density at radius 3 is 2.49 bits per heavy atom. The van der Waals surface area contributed by atoms with Gasteiger partial charge in [-0.15, -0.1) is 0 Å². The Bertz CT molecular complexity index is 1020. The van der Waals surface area contributed by atoms with E-state index in [2.05, 4.69) is 5.32 Å². The number of benzene rings is 1. The van der Waals surface area contributed by atoms with Crippen molar-refractivity contribution in [3.63, 3.8) is 0 Å². The van der Waals surface area contributed by atoms with Crippen molar-refractivity contribution in [1.29, 1.82) is 0 Å². The normalized spacial score (nSPS) is 22.1. The van der Waals surface area contributed by atoms with Crippen LogP contribution in [0.1, 0.15) is 31.2 Å². The number of hydrogen-bond acceptors (Lipinski definition) is 7. The molecule has 0 heterocycles. The maximum atomic E-state index is 13.6. The summed E-state index contributed by atoms with van der Waals surface area (Å²) in [7, 11) is 1.37. The minimum Gasteiger partial charge on any atom is -0.493 e. The molecule has 3 atom stereocenters. The van der Waals surface area contributed by atoms with Gasteiger partial charge in [0.15, 0.2) is 11.5 Å². The summed E-state index contributed by atoms with van der Waals surface area (Å²) in [5, 5.41) is 32.2. The molecular weight excluding hydrogens is 612 g/mol.